The minimum absolute atomic E-state index is 0.112. The number of aromatic amines is 1. The summed E-state index contributed by atoms with van der Waals surface area (Å²) in [6, 6.07) is 9.37. The third-order valence-electron chi connectivity index (χ3n) is 2.18. The predicted octanol–water partition coefficient (Wildman–Crippen LogP) is 1.93. The number of nitrogens with zero attached hydrogens (tertiary/aromatic N) is 4. The molecule has 0 spiro atoms. The fourth-order valence-electron chi connectivity index (χ4n) is 1.40. The molecule has 0 atom stereocenters. The van der Waals surface area contributed by atoms with E-state index < -0.39 is 0 Å². The highest BCUT2D eigenvalue weighted by Crippen LogP contribution is 2.17. The molecule has 0 saturated heterocycles. The Morgan fingerprint density at radius 1 is 1.12 bits per heavy atom. The van der Waals surface area contributed by atoms with Crippen LogP contribution in [0.15, 0.2) is 48.9 Å². The molecule has 0 radical (unpaired) electrons. The van der Waals surface area contributed by atoms with E-state index in [9.17, 15) is 0 Å². The van der Waals surface area contributed by atoms with Crippen LogP contribution in [-0.2, 0) is 0 Å². The second-order valence-electron chi connectivity index (χ2n) is 3.28. The molecule has 5 nitrogen and oxygen atoms in total. The van der Waals surface area contributed by atoms with Gasteiger partial charge in [-0.05, 0) is 0 Å². The molecule has 0 aliphatic rings. The van der Waals surface area contributed by atoms with Gasteiger partial charge in [0.15, 0.2) is 11.6 Å². The molecular formula is C12H9N5. The zero-order valence-electron chi connectivity index (χ0n) is 11.7. The Morgan fingerprint density at radius 2 is 2.00 bits per heavy atom. The van der Waals surface area contributed by atoms with Crippen molar-refractivity contribution in [2.45, 2.75) is 0 Å². The van der Waals surface area contributed by atoms with E-state index in [1.807, 2.05) is 30.3 Å². The zero-order valence-corrected chi connectivity index (χ0v) is 8.68. The van der Waals surface area contributed by atoms with Crippen molar-refractivity contribution < 1.29 is 4.11 Å². The molecule has 0 aliphatic carbocycles. The summed E-state index contributed by atoms with van der Waals surface area (Å²) in [5.41, 5.74) is 0.943. The zero-order chi connectivity index (χ0) is 14.1. The number of nitrogens with one attached hydrogen (secondary N) is 1. The Balaban J connectivity index is 2.05. The summed E-state index contributed by atoms with van der Waals surface area (Å²) >= 11 is 0. The number of aromatic nitrogens is 5. The van der Waals surface area contributed by atoms with Crippen molar-refractivity contribution in [3.8, 4) is 22.9 Å². The molecular weight excluding hydrogens is 214 g/mol. The van der Waals surface area contributed by atoms with Crippen LogP contribution in [0.25, 0.3) is 22.9 Å². The molecule has 0 saturated carbocycles. The van der Waals surface area contributed by atoms with Crippen molar-refractivity contribution in [3.05, 3.63) is 48.9 Å². The largest absolute Gasteiger partial charge is 0.261 e. The summed E-state index contributed by atoms with van der Waals surface area (Å²) in [6.45, 7) is 0. The van der Waals surface area contributed by atoms with Gasteiger partial charge in [0, 0.05) is 17.9 Å². The van der Waals surface area contributed by atoms with Crippen LogP contribution >= 0.6 is 0 Å². The third-order valence-corrected chi connectivity index (χ3v) is 2.18. The van der Waals surface area contributed by atoms with Gasteiger partial charge in [0.1, 0.15) is 5.69 Å². The Labute approximate surface area is 102 Å². The van der Waals surface area contributed by atoms with Crippen molar-refractivity contribution in [1.82, 2.24) is 25.1 Å². The van der Waals surface area contributed by atoms with Crippen LogP contribution in [0.5, 0.6) is 0 Å². The summed E-state index contributed by atoms with van der Waals surface area (Å²) in [6.07, 6.45) is -0.836. The molecule has 1 aromatic carbocycles. The summed E-state index contributed by atoms with van der Waals surface area (Å²) < 4.78 is 22.5. The molecule has 17 heavy (non-hydrogen) atoms. The summed E-state index contributed by atoms with van der Waals surface area (Å²) in [5, 5.41) is 6.74. The average molecular weight is 226 g/mol. The molecule has 1 N–H and O–H groups in total. The molecule has 0 unspecified atom stereocenters. The van der Waals surface area contributed by atoms with E-state index in [0.717, 1.165) is 5.56 Å². The highest BCUT2D eigenvalue weighted by molar-refractivity contribution is 5.58. The van der Waals surface area contributed by atoms with Crippen LogP contribution in [0, 0.1) is 0 Å². The second kappa shape index (κ2) is 4.13. The maximum atomic E-state index is 7.69. The van der Waals surface area contributed by atoms with Crippen LogP contribution in [0.2, 0.25) is 0 Å². The number of benzene rings is 1. The van der Waals surface area contributed by atoms with Crippen molar-refractivity contribution >= 4 is 0 Å². The molecule has 0 aliphatic heterocycles. The van der Waals surface area contributed by atoms with Crippen LogP contribution in [-0.4, -0.2) is 25.1 Å². The molecule has 5 heteroatoms. The lowest BCUT2D eigenvalue weighted by molar-refractivity contribution is 1.08. The van der Waals surface area contributed by atoms with Gasteiger partial charge in [-0.3, -0.25) is 10.1 Å². The Kier molecular flexibility index (Phi) is 1.68. The number of hydrogen-bond acceptors (Lipinski definition) is 4. The van der Waals surface area contributed by atoms with Gasteiger partial charge >= 0.3 is 0 Å². The van der Waals surface area contributed by atoms with Crippen LogP contribution in [0.3, 0.4) is 0 Å². The predicted molar refractivity (Wildman–Crippen MR) is 62.8 cm³/mol. The minimum Gasteiger partial charge on any atom is -0.261 e. The van der Waals surface area contributed by atoms with Crippen molar-refractivity contribution in [2.24, 2.45) is 0 Å². The van der Waals surface area contributed by atoms with Crippen molar-refractivity contribution in [3.63, 3.8) is 0 Å². The van der Waals surface area contributed by atoms with Crippen molar-refractivity contribution in [1.29, 1.82) is 0 Å². The van der Waals surface area contributed by atoms with E-state index in [2.05, 4.69) is 25.1 Å². The van der Waals surface area contributed by atoms with Gasteiger partial charge in [0.05, 0.1) is 10.3 Å². The fraction of sp³-hybridized carbons (Fsp3) is 0. The fourth-order valence-corrected chi connectivity index (χ4v) is 1.40. The van der Waals surface area contributed by atoms with Gasteiger partial charge in [0.25, 0.3) is 0 Å². The normalized spacial score (nSPS) is 12.8. The smallest absolute Gasteiger partial charge is 0.181 e. The van der Waals surface area contributed by atoms with Gasteiger partial charge in [-0.15, -0.1) is 0 Å². The first-order chi connectivity index (χ1) is 9.65. The van der Waals surface area contributed by atoms with Crippen LogP contribution in [0.4, 0.5) is 0 Å². The van der Waals surface area contributed by atoms with E-state index in [-0.39, 0.29) is 30.0 Å². The monoisotopic (exact) mass is 226 g/mol. The summed E-state index contributed by atoms with van der Waals surface area (Å²) in [5.74, 6) is 0.734. The first-order valence-corrected chi connectivity index (χ1v) is 4.95. The van der Waals surface area contributed by atoms with E-state index in [4.69, 9.17) is 4.11 Å². The third kappa shape index (κ3) is 1.90. The molecule has 0 amide bonds. The molecule has 3 rings (SSSR count). The van der Waals surface area contributed by atoms with E-state index in [0.29, 0.717) is 5.82 Å². The Bertz CT molecular complexity index is 757. The highest BCUT2D eigenvalue weighted by Gasteiger charge is 2.07. The summed E-state index contributed by atoms with van der Waals surface area (Å²) in [4.78, 5) is 11.7. The number of hydrogen-bond donors (Lipinski definition) is 1. The molecule has 2 aromatic heterocycles. The Hall–Kier alpha value is -2.56. The van der Waals surface area contributed by atoms with E-state index in [1.165, 1.54) is 0 Å². The van der Waals surface area contributed by atoms with Crippen LogP contribution < -0.4 is 0 Å². The van der Waals surface area contributed by atoms with E-state index in [1.54, 1.807) is 0 Å². The van der Waals surface area contributed by atoms with E-state index >= 15 is 0 Å². The topological polar surface area (TPSA) is 67.3 Å². The standard InChI is InChI=1S/C12H9N5/c1-2-4-9(5-3-1)11-15-12(17-16-11)10-8-13-6-7-14-10/h1-8H,(H,15,16,17)/i6D,7D,8D. The summed E-state index contributed by atoms with van der Waals surface area (Å²) in [7, 11) is 0. The highest BCUT2D eigenvalue weighted by atomic mass is 15.2. The van der Waals surface area contributed by atoms with Crippen molar-refractivity contribution in [2.75, 3.05) is 0 Å². The molecule has 2 heterocycles. The van der Waals surface area contributed by atoms with Gasteiger partial charge in [-0.1, -0.05) is 30.3 Å². The first kappa shape index (κ1) is 6.90. The number of H-pyrrole nitrogens is 1. The molecule has 0 bridgehead atoms. The average Bonchev–Trinajstić information content (AvgIpc) is 2.93. The molecule has 3 aromatic rings. The number of rotatable bonds is 2. The lowest BCUT2D eigenvalue weighted by atomic mass is 10.2. The lowest BCUT2D eigenvalue weighted by Crippen LogP contribution is -1.86. The lowest BCUT2D eigenvalue weighted by Gasteiger charge is -1.92. The van der Waals surface area contributed by atoms with Gasteiger partial charge in [-0.25, -0.2) is 9.97 Å². The second-order valence-corrected chi connectivity index (χ2v) is 3.28. The first-order valence-electron chi connectivity index (χ1n) is 6.45. The Morgan fingerprint density at radius 3 is 2.88 bits per heavy atom. The van der Waals surface area contributed by atoms with Crippen LogP contribution in [0.1, 0.15) is 4.11 Å². The quantitative estimate of drug-likeness (QED) is 0.725. The van der Waals surface area contributed by atoms with Gasteiger partial charge < -0.3 is 0 Å². The molecule has 0 fully saturated rings. The maximum Gasteiger partial charge on any atom is 0.181 e. The maximum absolute atomic E-state index is 7.69. The van der Waals surface area contributed by atoms with Gasteiger partial charge in [-0.2, -0.15) is 5.10 Å². The SMILES string of the molecule is [2H]c1nc([2H])c(-c2nc(-c3ccccc3)n[nH]2)nc1[2H]. The minimum atomic E-state index is -0.332. The van der Waals surface area contributed by atoms with Gasteiger partial charge in [0.2, 0.25) is 0 Å². The molecule has 82 valence electrons.